The van der Waals surface area contributed by atoms with Gasteiger partial charge in [-0.25, -0.2) is 4.99 Å². The normalized spacial score (nSPS) is 12.3. The van der Waals surface area contributed by atoms with Gasteiger partial charge in [0.1, 0.15) is 5.69 Å². The monoisotopic (exact) mass is 570 g/mol. The van der Waals surface area contributed by atoms with Crippen LogP contribution >= 0.6 is 71.2 Å². The minimum absolute atomic E-state index is 0. The zero-order chi connectivity index (χ0) is 14.7. The average Bonchev–Trinajstić information content (AvgIpc) is 2.93. The van der Waals surface area contributed by atoms with Crippen LogP contribution in [0.15, 0.2) is 17.1 Å². The third-order valence-electron chi connectivity index (χ3n) is 2.89. The van der Waals surface area contributed by atoms with Crippen LogP contribution in [0.25, 0.3) is 0 Å². The summed E-state index contributed by atoms with van der Waals surface area (Å²) in [7, 11) is 3.44. The van der Waals surface area contributed by atoms with Gasteiger partial charge in [-0.15, -0.1) is 48.0 Å². The number of halogens is 4. The second kappa shape index (κ2) is 9.83. The van der Waals surface area contributed by atoms with Crippen molar-refractivity contribution in [2.45, 2.75) is 0 Å². The minimum Gasteiger partial charge on any atom is -0.359 e. The third kappa shape index (κ3) is 5.17. The lowest BCUT2D eigenvalue weighted by Gasteiger charge is -2.20. The Balaban J connectivity index is 0.00000220. The Bertz CT molecular complexity index is 536. The highest BCUT2D eigenvalue weighted by atomic mass is 127. The maximum absolute atomic E-state index is 7.74. The molecule has 0 saturated carbocycles. The Labute approximate surface area is 173 Å². The molecule has 0 radical (unpaired) electrons. The number of benzene rings is 1. The van der Waals surface area contributed by atoms with E-state index >= 15 is 0 Å². The van der Waals surface area contributed by atoms with Gasteiger partial charge in [-0.1, -0.05) is 23.2 Å². The van der Waals surface area contributed by atoms with E-state index < -0.39 is 0 Å². The van der Waals surface area contributed by atoms with Gasteiger partial charge in [0.15, 0.2) is 11.9 Å². The molecular weight excluding hydrogens is 553 g/mol. The highest BCUT2D eigenvalue weighted by Gasteiger charge is 2.14. The van der Waals surface area contributed by atoms with E-state index in [1.165, 1.54) is 0 Å². The highest BCUT2D eigenvalue weighted by molar-refractivity contribution is 14.0. The summed E-state index contributed by atoms with van der Waals surface area (Å²) in [6.07, 6.45) is 0. The summed E-state index contributed by atoms with van der Waals surface area (Å²) in [5.41, 5.74) is 1.23. The molecule has 0 bridgehead atoms. The summed E-state index contributed by atoms with van der Waals surface area (Å²) in [6, 6.07) is 3.46. The molecule has 1 heterocycles. The molecule has 0 atom stereocenters. The van der Waals surface area contributed by atoms with Crippen molar-refractivity contribution in [1.29, 1.82) is 5.41 Å². The molecule has 124 valence electrons. The number of guanidine groups is 2. The van der Waals surface area contributed by atoms with Gasteiger partial charge in [0.25, 0.3) is 0 Å². The number of aliphatic imine (C=N–C) groups is 1. The number of nitrogens with zero attached hydrogens (tertiary/aromatic N) is 2. The van der Waals surface area contributed by atoms with Crippen LogP contribution in [0.5, 0.6) is 0 Å². The number of hydrogen-bond acceptors (Lipinski definition) is 2. The van der Waals surface area contributed by atoms with Crippen molar-refractivity contribution in [2.75, 3.05) is 32.1 Å². The molecule has 1 aromatic rings. The molecule has 0 amide bonds. The lowest BCUT2D eigenvalue weighted by molar-refractivity contribution is 0.942. The summed E-state index contributed by atoms with van der Waals surface area (Å²) < 4.78 is 0. The average molecular weight is 571 g/mol. The van der Waals surface area contributed by atoms with Crippen LogP contribution < -0.4 is 20.9 Å². The van der Waals surface area contributed by atoms with Gasteiger partial charge in [0.05, 0.1) is 10.0 Å². The van der Waals surface area contributed by atoms with Gasteiger partial charge < -0.3 is 20.9 Å². The van der Waals surface area contributed by atoms with E-state index in [2.05, 4.69) is 20.9 Å². The fourth-order valence-electron chi connectivity index (χ4n) is 1.76. The quantitative estimate of drug-likeness (QED) is 0.251. The first kappa shape index (κ1) is 21.8. The Morgan fingerprint density at radius 3 is 2.18 bits per heavy atom. The maximum Gasteiger partial charge on any atom is 0.196 e. The molecule has 1 saturated heterocycles. The number of anilines is 1. The van der Waals surface area contributed by atoms with E-state index in [0.29, 0.717) is 21.7 Å². The predicted octanol–water partition coefficient (Wildman–Crippen LogP) is 3.00. The van der Waals surface area contributed by atoms with Crippen molar-refractivity contribution in [3.63, 3.8) is 0 Å². The second-order valence-electron chi connectivity index (χ2n) is 4.23. The summed E-state index contributed by atoms with van der Waals surface area (Å²) in [5, 5.41) is 17.5. The molecule has 0 aromatic heterocycles. The van der Waals surface area contributed by atoms with Gasteiger partial charge in [0, 0.05) is 32.9 Å². The van der Waals surface area contributed by atoms with Crippen molar-refractivity contribution < 1.29 is 0 Å². The van der Waals surface area contributed by atoms with Crippen LogP contribution in [0.3, 0.4) is 0 Å². The molecule has 6 nitrogen and oxygen atoms in total. The third-order valence-corrected chi connectivity index (χ3v) is 3.47. The predicted molar refractivity (Wildman–Crippen MR) is 116 cm³/mol. The van der Waals surface area contributed by atoms with E-state index in [1.54, 1.807) is 31.1 Å². The van der Waals surface area contributed by atoms with Crippen LogP contribution in [-0.4, -0.2) is 39.1 Å². The van der Waals surface area contributed by atoms with Crippen LogP contribution in [-0.2, 0) is 0 Å². The smallest absolute Gasteiger partial charge is 0.196 e. The summed E-state index contributed by atoms with van der Waals surface area (Å²) >= 11 is 12.5. The molecule has 0 aliphatic carbocycles. The minimum atomic E-state index is 0. The molecular formula is C12H18Cl2I2N6. The highest BCUT2D eigenvalue weighted by Crippen LogP contribution is 2.37. The molecule has 2 rings (SSSR count). The lowest BCUT2D eigenvalue weighted by Crippen LogP contribution is -2.35. The van der Waals surface area contributed by atoms with Crippen molar-refractivity contribution in [3.8, 4) is 0 Å². The van der Waals surface area contributed by atoms with Crippen molar-refractivity contribution in [1.82, 2.24) is 16.0 Å². The Kier molecular flexibility index (Phi) is 9.74. The zero-order valence-electron chi connectivity index (χ0n) is 12.0. The van der Waals surface area contributed by atoms with E-state index in [0.717, 1.165) is 18.8 Å². The van der Waals surface area contributed by atoms with Crippen LogP contribution in [0.2, 0.25) is 10.0 Å². The van der Waals surface area contributed by atoms with E-state index in [1.807, 2.05) is 0 Å². The Morgan fingerprint density at radius 2 is 1.73 bits per heavy atom. The summed E-state index contributed by atoms with van der Waals surface area (Å²) in [5.74, 6) is 0.910. The fraction of sp³-hybridized carbons (Fsp3) is 0.333. The first-order valence-electron chi connectivity index (χ1n) is 6.08. The largest absolute Gasteiger partial charge is 0.359 e. The van der Waals surface area contributed by atoms with Crippen LogP contribution in [0, 0.1) is 5.41 Å². The maximum atomic E-state index is 7.74. The Morgan fingerprint density at radius 1 is 1.23 bits per heavy atom. The summed E-state index contributed by atoms with van der Waals surface area (Å²) in [6.45, 7) is 1.66. The zero-order valence-corrected chi connectivity index (χ0v) is 18.2. The van der Waals surface area contributed by atoms with E-state index in [4.69, 9.17) is 28.6 Å². The molecule has 4 N–H and O–H groups in total. The molecule has 0 unspecified atom stereocenters. The lowest BCUT2D eigenvalue weighted by atomic mass is 10.2. The van der Waals surface area contributed by atoms with E-state index in [9.17, 15) is 0 Å². The van der Waals surface area contributed by atoms with Crippen molar-refractivity contribution >= 4 is 94.4 Å². The SMILES string of the molecule is CNC(=N)N(C)c1cc(Cl)c(N=C2NCCN2)c(Cl)c1.I.I. The van der Waals surface area contributed by atoms with Crippen LogP contribution in [0.1, 0.15) is 0 Å². The van der Waals surface area contributed by atoms with Gasteiger partial charge in [0.2, 0.25) is 0 Å². The summed E-state index contributed by atoms with van der Waals surface area (Å²) in [4.78, 5) is 6.00. The van der Waals surface area contributed by atoms with Crippen molar-refractivity contribution in [2.24, 2.45) is 4.99 Å². The molecule has 1 fully saturated rings. The van der Waals surface area contributed by atoms with Crippen molar-refractivity contribution in [3.05, 3.63) is 22.2 Å². The molecule has 22 heavy (non-hydrogen) atoms. The molecule has 1 aliphatic heterocycles. The molecule has 10 heteroatoms. The Hall–Kier alpha value is -0.200. The van der Waals surface area contributed by atoms with Gasteiger partial charge in [-0.05, 0) is 12.1 Å². The standard InChI is InChI=1S/C12H16Cl2N6.2HI/c1-16-11(15)20(2)7-5-8(13)10(9(14)6-7)19-12-17-3-4-18-12;;/h5-6H,3-4H2,1-2H3,(H2,15,16)(H2,17,18,19);2*1H. The topological polar surface area (TPSA) is 75.5 Å². The molecule has 1 aromatic carbocycles. The second-order valence-corrected chi connectivity index (χ2v) is 5.04. The van der Waals surface area contributed by atoms with Gasteiger partial charge in [-0.3, -0.25) is 5.41 Å². The number of hydrogen-bond donors (Lipinski definition) is 4. The molecule has 0 spiro atoms. The first-order chi connectivity index (χ1) is 9.52. The molecule has 1 aliphatic rings. The number of nitrogens with one attached hydrogen (secondary N) is 4. The first-order valence-corrected chi connectivity index (χ1v) is 6.84. The van der Waals surface area contributed by atoms with Gasteiger partial charge in [-0.2, -0.15) is 0 Å². The van der Waals surface area contributed by atoms with E-state index in [-0.39, 0.29) is 53.9 Å². The van der Waals surface area contributed by atoms with Crippen LogP contribution in [0.4, 0.5) is 11.4 Å². The van der Waals surface area contributed by atoms with Gasteiger partial charge >= 0.3 is 0 Å². The fourth-order valence-corrected chi connectivity index (χ4v) is 2.32. The number of rotatable bonds is 2.